The molecule has 2 rings (SSSR count). The van der Waals surface area contributed by atoms with Gasteiger partial charge in [-0.2, -0.15) is 0 Å². The molecular weight excluding hydrogens is 230 g/mol. The van der Waals surface area contributed by atoms with Crippen LogP contribution in [0.25, 0.3) is 10.2 Å². The van der Waals surface area contributed by atoms with Crippen molar-refractivity contribution in [3.05, 3.63) is 16.8 Å². The first kappa shape index (κ1) is 12.3. The maximum Gasteiger partial charge on any atom is 0.138 e. The molecule has 0 radical (unpaired) electrons. The second-order valence-corrected chi connectivity index (χ2v) is 5.30. The van der Waals surface area contributed by atoms with Gasteiger partial charge < -0.3 is 5.32 Å². The molecule has 2 aromatic rings. The number of hydrogen-bond acceptors (Lipinski definition) is 4. The standard InChI is InChI=1S/C13H19N3S/c1-4-6-7-14-12-11-8-10(5-2)17-13(11)16-9(3)15-12/h8H,4-7H2,1-3H3,(H,14,15,16). The highest BCUT2D eigenvalue weighted by atomic mass is 32.1. The van der Waals surface area contributed by atoms with Crippen molar-refractivity contribution in [1.82, 2.24) is 9.97 Å². The van der Waals surface area contributed by atoms with E-state index in [1.807, 2.05) is 6.92 Å². The molecule has 2 heterocycles. The van der Waals surface area contributed by atoms with Crippen LogP contribution < -0.4 is 5.32 Å². The molecule has 2 aromatic heterocycles. The van der Waals surface area contributed by atoms with E-state index in [0.717, 1.165) is 29.4 Å². The minimum atomic E-state index is 0.848. The van der Waals surface area contributed by atoms with Crippen LogP contribution in [0.15, 0.2) is 6.07 Å². The number of rotatable bonds is 5. The summed E-state index contributed by atoms with van der Waals surface area (Å²) in [7, 11) is 0. The van der Waals surface area contributed by atoms with E-state index in [9.17, 15) is 0 Å². The van der Waals surface area contributed by atoms with Crippen molar-refractivity contribution in [2.45, 2.75) is 40.0 Å². The molecule has 0 aliphatic carbocycles. The van der Waals surface area contributed by atoms with E-state index >= 15 is 0 Å². The van der Waals surface area contributed by atoms with Crippen molar-refractivity contribution in [2.75, 3.05) is 11.9 Å². The fourth-order valence-electron chi connectivity index (χ4n) is 1.77. The molecule has 3 nitrogen and oxygen atoms in total. The largest absolute Gasteiger partial charge is 0.369 e. The molecule has 0 aromatic carbocycles. The molecular formula is C13H19N3S. The van der Waals surface area contributed by atoms with E-state index < -0.39 is 0 Å². The van der Waals surface area contributed by atoms with Gasteiger partial charge in [-0.1, -0.05) is 20.3 Å². The normalized spacial score (nSPS) is 11.0. The summed E-state index contributed by atoms with van der Waals surface area (Å²) in [5, 5.41) is 4.60. The summed E-state index contributed by atoms with van der Waals surface area (Å²) in [6, 6.07) is 2.22. The average Bonchev–Trinajstić information content (AvgIpc) is 2.72. The Morgan fingerprint density at radius 3 is 2.82 bits per heavy atom. The molecule has 92 valence electrons. The summed E-state index contributed by atoms with van der Waals surface area (Å²) in [6.07, 6.45) is 3.44. The van der Waals surface area contributed by atoms with Crippen molar-refractivity contribution >= 4 is 27.4 Å². The lowest BCUT2D eigenvalue weighted by Crippen LogP contribution is -2.04. The highest BCUT2D eigenvalue weighted by molar-refractivity contribution is 7.18. The van der Waals surface area contributed by atoms with Crippen molar-refractivity contribution in [3.63, 3.8) is 0 Å². The molecule has 0 amide bonds. The fourth-order valence-corrected chi connectivity index (χ4v) is 2.78. The van der Waals surface area contributed by atoms with E-state index in [1.165, 1.54) is 23.1 Å². The van der Waals surface area contributed by atoms with Gasteiger partial charge in [0.05, 0.1) is 5.39 Å². The molecule has 17 heavy (non-hydrogen) atoms. The number of aromatic nitrogens is 2. The monoisotopic (exact) mass is 249 g/mol. The first-order valence-corrected chi connectivity index (χ1v) is 7.07. The lowest BCUT2D eigenvalue weighted by Gasteiger charge is -2.06. The Balaban J connectivity index is 2.34. The highest BCUT2D eigenvalue weighted by Crippen LogP contribution is 2.29. The van der Waals surface area contributed by atoms with Gasteiger partial charge in [0.15, 0.2) is 0 Å². The SMILES string of the molecule is CCCCNc1nc(C)nc2sc(CC)cc12. The third kappa shape index (κ3) is 2.75. The van der Waals surface area contributed by atoms with Gasteiger partial charge in [-0.05, 0) is 25.8 Å². The molecule has 0 aliphatic heterocycles. The van der Waals surface area contributed by atoms with Crippen LogP contribution in [0, 0.1) is 6.92 Å². The van der Waals surface area contributed by atoms with Gasteiger partial charge in [0, 0.05) is 11.4 Å². The zero-order chi connectivity index (χ0) is 12.3. The summed E-state index contributed by atoms with van der Waals surface area (Å²) < 4.78 is 0. The number of nitrogens with zero attached hydrogens (tertiary/aromatic N) is 2. The summed E-state index contributed by atoms with van der Waals surface area (Å²) >= 11 is 1.77. The van der Waals surface area contributed by atoms with E-state index in [2.05, 4.69) is 35.2 Å². The summed E-state index contributed by atoms with van der Waals surface area (Å²) in [4.78, 5) is 11.5. The van der Waals surface area contributed by atoms with Crippen LogP contribution >= 0.6 is 11.3 Å². The Hall–Kier alpha value is -1.16. The summed E-state index contributed by atoms with van der Waals surface area (Å²) in [5.41, 5.74) is 0. The topological polar surface area (TPSA) is 37.8 Å². The first-order chi connectivity index (χ1) is 8.24. The molecule has 0 bridgehead atoms. The minimum Gasteiger partial charge on any atom is -0.369 e. The van der Waals surface area contributed by atoms with Crippen LogP contribution in [0.1, 0.15) is 37.4 Å². The Morgan fingerprint density at radius 2 is 2.12 bits per heavy atom. The number of fused-ring (bicyclic) bond motifs is 1. The summed E-state index contributed by atoms with van der Waals surface area (Å²) in [6.45, 7) is 7.31. The molecule has 0 saturated carbocycles. The van der Waals surface area contributed by atoms with Crippen LogP contribution in [0.2, 0.25) is 0 Å². The average molecular weight is 249 g/mol. The molecule has 4 heteroatoms. The molecule has 0 aliphatic rings. The van der Waals surface area contributed by atoms with Crippen LogP contribution in [0.4, 0.5) is 5.82 Å². The van der Waals surface area contributed by atoms with Crippen molar-refractivity contribution < 1.29 is 0 Å². The van der Waals surface area contributed by atoms with Crippen LogP contribution in [0.5, 0.6) is 0 Å². The maximum absolute atomic E-state index is 4.51. The van der Waals surface area contributed by atoms with E-state index in [4.69, 9.17) is 0 Å². The van der Waals surface area contributed by atoms with Gasteiger partial charge in [0.1, 0.15) is 16.5 Å². The van der Waals surface area contributed by atoms with Crippen molar-refractivity contribution in [2.24, 2.45) is 0 Å². The second kappa shape index (κ2) is 5.45. The Bertz CT molecular complexity index is 505. The van der Waals surface area contributed by atoms with Crippen molar-refractivity contribution in [3.8, 4) is 0 Å². The third-order valence-corrected chi connectivity index (χ3v) is 3.90. The van der Waals surface area contributed by atoms with Gasteiger partial charge in [0.2, 0.25) is 0 Å². The molecule has 1 N–H and O–H groups in total. The zero-order valence-electron chi connectivity index (χ0n) is 10.7. The molecule has 0 atom stereocenters. The van der Waals surface area contributed by atoms with Gasteiger partial charge in [-0.25, -0.2) is 9.97 Å². The van der Waals surface area contributed by atoms with E-state index in [-0.39, 0.29) is 0 Å². The lowest BCUT2D eigenvalue weighted by atomic mass is 10.3. The number of nitrogens with one attached hydrogen (secondary N) is 1. The van der Waals surface area contributed by atoms with E-state index in [0.29, 0.717) is 0 Å². The number of aryl methyl sites for hydroxylation is 2. The zero-order valence-corrected chi connectivity index (χ0v) is 11.5. The molecule has 0 unspecified atom stereocenters. The van der Waals surface area contributed by atoms with Gasteiger partial charge >= 0.3 is 0 Å². The number of unbranched alkanes of at least 4 members (excludes halogenated alkanes) is 1. The first-order valence-electron chi connectivity index (χ1n) is 6.25. The van der Waals surface area contributed by atoms with Gasteiger partial charge in [-0.15, -0.1) is 11.3 Å². The van der Waals surface area contributed by atoms with Crippen molar-refractivity contribution in [1.29, 1.82) is 0 Å². The second-order valence-electron chi connectivity index (χ2n) is 4.18. The predicted molar refractivity (Wildman–Crippen MR) is 74.9 cm³/mol. The van der Waals surface area contributed by atoms with Crippen LogP contribution in [-0.4, -0.2) is 16.5 Å². The molecule has 0 fully saturated rings. The molecule has 0 spiro atoms. The predicted octanol–water partition coefficient (Wildman–Crippen LogP) is 3.77. The molecule has 0 saturated heterocycles. The Morgan fingerprint density at radius 1 is 1.29 bits per heavy atom. The number of thiophene rings is 1. The van der Waals surface area contributed by atoms with Crippen LogP contribution in [0.3, 0.4) is 0 Å². The quantitative estimate of drug-likeness (QED) is 0.820. The summed E-state index contributed by atoms with van der Waals surface area (Å²) in [5.74, 6) is 1.85. The van der Waals surface area contributed by atoms with Crippen LogP contribution in [-0.2, 0) is 6.42 Å². The number of hydrogen-bond donors (Lipinski definition) is 1. The minimum absolute atomic E-state index is 0.848. The fraction of sp³-hybridized carbons (Fsp3) is 0.538. The van der Waals surface area contributed by atoms with Gasteiger partial charge in [0.25, 0.3) is 0 Å². The van der Waals surface area contributed by atoms with E-state index in [1.54, 1.807) is 11.3 Å². The Kier molecular flexibility index (Phi) is 3.94. The Labute approximate surface area is 106 Å². The number of anilines is 1. The van der Waals surface area contributed by atoms with Gasteiger partial charge in [-0.3, -0.25) is 0 Å². The highest BCUT2D eigenvalue weighted by Gasteiger charge is 2.09. The maximum atomic E-state index is 4.51. The smallest absolute Gasteiger partial charge is 0.138 e. The third-order valence-electron chi connectivity index (χ3n) is 2.73. The lowest BCUT2D eigenvalue weighted by molar-refractivity contribution is 0.830.